The highest BCUT2D eigenvalue weighted by molar-refractivity contribution is 9.10. The van der Waals surface area contributed by atoms with Crippen LogP contribution in [0.2, 0.25) is 0 Å². The van der Waals surface area contributed by atoms with Gasteiger partial charge in [-0.2, -0.15) is 0 Å². The summed E-state index contributed by atoms with van der Waals surface area (Å²) in [6, 6.07) is 11.1. The Balaban J connectivity index is 1.89. The van der Waals surface area contributed by atoms with Gasteiger partial charge < -0.3 is 10.1 Å². The second-order valence-corrected chi connectivity index (χ2v) is 9.31. The number of methoxy groups -OCH3 is 1. The molecule has 0 saturated carbocycles. The fourth-order valence-electron chi connectivity index (χ4n) is 2.36. The Morgan fingerprint density at radius 2 is 1.82 bits per heavy atom. The van der Waals surface area contributed by atoms with Crippen molar-refractivity contribution >= 4 is 54.6 Å². The fraction of sp³-hybridized carbons (Fsp3) is 0.111. The number of carbonyl (C=O) groups excluding carboxylic acids is 1. The van der Waals surface area contributed by atoms with E-state index < -0.39 is 15.9 Å². The molecule has 2 aromatic carbocycles. The summed E-state index contributed by atoms with van der Waals surface area (Å²) in [6.07, 6.45) is 0. The van der Waals surface area contributed by atoms with Gasteiger partial charge >= 0.3 is 0 Å². The van der Waals surface area contributed by atoms with Gasteiger partial charge in [-0.05, 0) is 49.4 Å². The summed E-state index contributed by atoms with van der Waals surface area (Å²) in [6.45, 7) is 1.80. The van der Waals surface area contributed by atoms with Crippen LogP contribution in [0.15, 0.2) is 57.2 Å². The zero-order chi connectivity index (χ0) is 20.3. The third-order valence-electron chi connectivity index (χ3n) is 3.66. The van der Waals surface area contributed by atoms with Crippen molar-refractivity contribution in [1.82, 2.24) is 4.98 Å². The summed E-state index contributed by atoms with van der Waals surface area (Å²) < 4.78 is 34.2. The van der Waals surface area contributed by atoms with Crippen LogP contribution in [0.1, 0.15) is 15.5 Å². The number of hydrogen-bond donors (Lipinski definition) is 2. The van der Waals surface area contributed by atoms with Crippen LogP contribution in [-0.2, 0) is 10.0 Å². The maximum absolute atomic E-state index is 12.9. The maximum Gasteiger partial charge on any atom is 0.275 e. The van der Waals surface area contributed by atoms with E-state index in [1.165, 1.54) is 30.6 Å². The van der Waals surface area contributed by atoms with Crippen LogP contribution in [0.3, 0.4) is 0 Å². The topological polar surface area (TPSA) is 97.4 Å². The van der Waals surface area contributed by atoms with Crippen LogP contribution in [-0.4, -0.2) is 26.4 Å². The number of benzene rings is 2. The average molecular weight is 482 g/mol. The molecule has 0 fully saturated rings. The third kappa shape index (κ3) is 4.70. The van der Waals surface area contributed by atoms with Gasteiger partial charge in [0.15, 0.2) is 0 Å². The highest BCUT2D eigenvalue weighted by atomic mass is 79.9. The molecular weight excluding hydrogens is 466 g/mol. The number of anilines is 2. The van der Waals surface area contributed by atoms with E-state index in [0.29, 0.717) is 11.4 Å². The molecule has 10 heteroatoms. The molecule has 3 rings (SSSR count). The molecule has 1 heterocycles. The molecule has 0 radical (unpaired) electrons. The first-order valence-electron chi connectivity index (χ1n) is 7.98. The monoisotopic (exact) mass is 481 g/mol. The fourth-order valence-corrected chi connectivity index (χ4v) is 4.47. The molecule has 2 N–H and O–H groups in total. The van der Waals surface area contributed by atoms with Gasteiger partial charge in [-0.3, -0.25) is 9.52 Å². The van der Waals surface area contributed by atoms with E-state index in [1.807, 2.05) is 0 Å². The quantitative estimate of drug-likeness (QED) is 0.547. The van der Waals surface area contributed by atoms with Crippen LogP contribution >= 0.6 is 27.3 Å². The molecule has 0 atom stereocenters. The summed E-state index contributed by atoms with van der Waals surface area (Å²) in [5, 5.41) is 5.06. The minimum Gasteiger partial charge on any atom is -0.495 e. The molecule has 7 nitrogen and oxygen atoms in total. The lowest BCUT2D eigenvalue weighted by Gasteiger charge is -2.13. The first-order valence-corrected chi connectivity index (χ1v) is 11.1. The Morgan fingerprint density at radius 1 is 1.14 bits per heavy atom. The summed E-state index contributed by atoms with van der Waals surface area (Å²) in [5.74, 6) is -0.258. The number of amides is 1. The number of nitrogens with one attached hydrogen (secondary N) is 2. The van der Waals surface area contributed by atoms with Crippen molar-refractivity contribution in [3.8, 4) is 5.75 Å². The number of rotatable bonds is 6. The zero-order valence-corrected chi connectivity index (χ0v) is 18.1. The molecule has 0 aliphatic heterocycles. The van der Waals surface area contributed by atoms with Crippen molar-refractivity contribution in [3.05, 3.63) is 63.0 Å². The highest BCUT2D eigenvalue weighted by Crippen LogP contribution is 2.29. The molecule has 0 spiro atoms. The van der Waals surface area contributed by atoms with Gasteiger partial charge in [0.05, 0.1) is 12.1 Å². The first kappa shape index (κ1) is 20.3. The van der Waals surface area contributed by atoms with Gasteiger partial charge in [-0.25, -0.2) is 13.4 Å². The molecule has 1 amide bonds. The summed E-state index contributed by atoms with van der Waals surface area (Å²) in [4.78, 5) is 16.3. The molecule has 0 bridgehead atoms. The number of nitrogens with zero attached hydrogens (tertiary/aromatic N) is 1. The van der Waals surface area contributed by atoms with E-state index in [9.17, 15) is 13.2 Å². The van der Waals surface area contributed by atoms with Crippen LogP contribution in [0, 0.1) is 6.92 Å². The first-order chi connectivity index (χ1) is 13.3. The van der Waals surface area contributed by atoms with Crippen LogP contribution in [0.25, 0.3) is 0 Å². The molecule has 3 aromatic rings. The average Bonchev–Trinajstić information content (AvgIpc) is 3.10. The van der Waals surface area contributed by atoms with Crippen molar-refractivity contribution in [2.75, 3.05) is 17.1 Å². The number of ether oxygens (including phenoxy) is 1. The Kier molecular flexibility index (Phi) is 6.01. The van der Waals surface area contributed by atoms with Gasteiger partial charge in [0, 0.05) is 21.2 Å². The molecule has 0 aliphatic rings. The molecule has 1 aromatic heterocycles. The molecule has 146 valence electrons. The van der Waals surface area contributed by atoms with Crippen LogP contribution in [0.5, 0.6) is 5.75 Å². The number of halogens is 1. The standard InChI is InChI=1S/C18H16BrN3O4S2/c1-11-20-15(10-27-11)18(23)21-14-7-8-16(26-2)17(9-14)28(24,25)22-13-5-3-12(19)4-6-13/h3-10,22H,1-2H3,(H,21,23). The van der Waals surface area contributed by atoms with Crippen molar-refractivity contribution in [3.63, 3.8) is 0 Å². The second kappa shape index (κ2) is 8.29. The number of aromatic nitrogens is 1. The number of thiazole rings is 1. The molecule has 28 heavy (non-hydrogen) atoms. The van der Waals surface area contributed by atoms with Gasteiger partial charge in [-0.1, -0.05) is 15.9 Å². The highest BCUT2D eigenvalue weighted by Gasteiger charge is 2.21. The number of aryl methyl sites for hydroxylation is 1. The van der Waals surface area contributed by atoms with Crippen LogP contribution in [0.4, 0.5) is 11.4 Å². The SMILES string of the molecule is COc1ccc(NC(=O)c2csc(C)n2)cc1S(=O)(=O)Nc1ccc(Br)cc1. The number of carbonyl (C=O) groups is 1. The Morgan fingerprint density at radius 3 is 2.43 bits per heavy atom. The predicted molar refractivity (Wildman–Crippen MR) is 113 cm³/mol. The Hall–Kier alpha value is -2.43. The lowest BCUT2D eigenvalue weighted by atomic mass is 10.3. The van der Waals surface area contributed by atoms with E-state index in [0.717, 1.165) is 9.48 Å². The lowest BCUT2D eigenvalue weighted by molar-refractivity contribution is 0.102. The van der Waals surface area contributed by atoms with E-state index in [4.69, 9.17) is 4.74 Å². The third-order valence-corrected chi connectivity index (χ3v) is 6.36. The van der Waals surface area contributed by atoms with Crippen molar-refractivity contribution in [2.45, 2.75) is 11.8 Å². The Labute approximate surface area is 175 Å². The van der Waals surface area contributed by atoms with Crippen molar-refractivity contribution in [1.29, 1.82) is 0 Å². The summed E-state index contributed by atoms with van der Waals surface area (Å²) >= 11 is 4.66. The van der Waals surface area contributed by atoms with Gasteiger partial charge in [0.25, 0.3) is 15.9 Å². The predicted octanol–water partition coefficient (Wildman–Crippen LogP) is 4.28. The molecular formula is C18H16BrN3O4S2. The normalized spacial score (nSPS) is 11.1. The minimum absolute atomic E-state index is 0.0924. The number of sulfonamides is 1. The molecule has 0 unspecified atom stereocenters. The zero-order valence-electron chi connectivity index (χ0n) is 14.9. The maximum atomic E-state index is 12.9. The second-order valence-electron chi connectivity index (χ2n) is 5.68. The smallest absolute Gasteiger partial charge is 0.275 e. The van der Waals surface area contributed by atoms with E-state index in [1.54, 1.807) is 42.6 Å². The molecule has 0 aliphatic carbocycles. The van der Waals surface area contributed by atoms with Gasteiger partial charge in [-0.15, -0.1) is 11.3 Å². The summed E-state index contributed by atoms with van der Waals surface area (Å²) in [5.41, 5.74) is 0.987. The largest absolute Gasteiger partial charge is 0.495 e. The lowest BCUT2D eigenvalue weighted by Crippen LogP contribution is -2.16. The van der Waals surface area contributed by atoms with Gasteiger partial charge in [0.2, 0.25) is 0 Å². The van der Waals surface area contributed by atoms with E-state index in [2.05, 4.69) is 31.0 Å². The van der Waals surface area contributed by atoms with Crippen molar-refractivity contribution in [2.24, 2.45) is 0 Å². The molecule has 0 saturated heterocycles. The minimum atomic E-state index is -3.94. The van der Waals surface area contributed by atoms with Crippen molar-refractivity contribution < 1.29 is 17.9 Å². The van der Waals surface area contributed by atoms with Gasteiger partial charge in [0.1, 0.15) is 16.3 Å². The van der Waals surface area contributed by atoms with E-state index >= 15 is 0 Å². The van der Waals surface area contributed by atoms with E-state index in [-0.39, 0.29) is 16.3 Å². The summed E-state index contributed by atoms with van der Waals surface area (Å²) in [7, 11) is -2.56. The van der Waals surface area contributed by atoms with Crippen LogP contribution < -0.4 is 14.8 Å². The Bertz CT molecular complexity index is 1110. The number of hydrogen-bond acceptors (Lipinski definition) is 6.